The standard InChI is InChI=1S/C14H14N2O2/c1-8-15(2)11-12(16(8)3)14(18)10-7-5-4-6-9(10)13(11)17/h4-8H,1-3H3. The van der Waals surface area contributed by atoms with Crippen LogP contribution in [0.3, 0.4) is 0 Å². The van der Waals surface area contributed by atoms with Gasteiger partial charge in [-0.2, -0.15) is 0 Å². The van der Waals surface area contributed by atoms with E-state index < -0.39 is 0 Å². The van der Waals surface area contributed by atoms with Crippen LogP contribution >= 0.6 is 0 Å². The van der Waals surface area contributed by atoms with Gasteiger partial charge in [0.25, 0.3) is 0 Å². The maximum absolute atomic E-state index is 12.5. The summed E-state index contributed by atoms with van der Waals surface area (Å²) in [6.07, 6.45) is 0.0252. The lowest BCUT2D eigenvalue weighted by Gasteiger charge is -2.24. The normalized spacial score (nSPS) is 19.5. The Balaban J connectivity index is 2.25. The van der Waals surface area contributed by atoms with Crippen LogP contribution in [0.25, 0.3) is 0 Å². The molecule has 0 aromatic heterocycles. The molecule has 0 atom stereocenters. The topological polar surface area (TPSA) is 40.6 Å². The summed E-state index contributed by atoms with van der Waals surface area (Å²) in [4.78, 5) is 28.7. The highest BCUT2D eigenvalue weighted by molar-refractivity contribution is 6.26. The van der Waals surface area contributed by atoms with Gasteiger partial charge in [-0.15, -0.1) is 0 Å². The summed E-state index contributed by atoms with van der Waals surface area (Å²) in [5.41, 5.74) is 2.06. The highest BCUT2D eigenvalue weighted by Crippen LogP contribution is 2.35. The monoisotopic (exact) mass is 242 g/mol. The molecular formula is C14H14N2O2. The number of hydrogen-bond donors (Lipinski definition) is 0. The molecule has 0 fully saturated rings. The van der Waals surface area contributed by atoms with Crippen molar-refractivity contribution in [1.29, 1.82) is 0 Å². The SMILES string of the molecule is CC1N(C)C2=C(C(=O)c3ccccc3C2=O)N1C. The first-order valence-electron chi connectivity index (χ1n) is 5.92. The summed E-state index contributed by atoms with van der Waals surface area (Å²) in [6, 6.07) is 7.02. The minimum atomic E-state index is -0.0566. The van der Waals surface area contributed by atoms with Gasteiger partial charge in [0.05, 0.1) is 6.17 Å². The fourth-order valence-electron chi connectivity index (χ4n) is 2.64. The minimum Gasteiger partial charge on any atom is -0.350 e. The summed E-state index contributed by atoms with van der Waals surface area (Å²) in [5.74, 6) is -0.113. The molecule has 4 heteroatoms. The molecule has 18 heavy (non-hydrogen) atoms. The van der Waals surface area contributed by atoms with E-state index in [-0.39, 0.29) is 17.7 Å². The molecule has 1 aliphatic carbocycles. The summed E-state index contributed by atoms with van der Waals surface area (Å²) >= 11 is 0. The molecule has 0 N–H and O–H groups in total. The largest absolute Gasteiger partial charge is 0.350 e. The van der Waals surface area contributed by atoms with Gasteiger partial charge >= 0.3 is 0 Å². The Morgan fingerprint density at radius 2 is 1.28 bits per heavy atom. The van der Waals surface area contributed by atoms with Crippen LogP contribution < -0.4 is 0 Å². The van der Waals surface area contributed by atoms with Gasteiger partial charge in [-0.1, -0.05) is 24.3 Å². The zero-order chi connectivity index (χ0) is 13.0. The lowest BCUT2D eigenvalue weighted by atomic mass is 9.90. The van der Waals surface area contributed by atoms with Gasteiger partial charge in [-0.05, 0) is 6.92 Å². The van der Waals surface area contributed by atoms with E-state index in [1.54, 1.807) is 24.3 Å². The second-order valence-corrected chi connectivity index (χ2v) is 4.75. The number of Topliss-reactive ketones (excluding diaryl/α,β-unsaturated/α-hetero) is 2. The molecular weight excluding hydrogens is 228 g/mol. The van der Waals surface area contributed by atoms with Crippen LogP contribution in [0.1, 0.15) is 27.6 Å². The summed E-state index contributed by atoms with van der Waals surface area (Å²) in [5, 5.41) is 0. The average molecular weight is 242 g/mol. The number of rotatable bonds is 0. The van der Waals surface area contributed by atoms with E-state index in [0.29, 0.717) is 22.5 Å². The number of carbonyl (C=O) groups excluding carboxylic acids is 2. The van der Waals surface area contributed by atoms with Gasteiger partial charge in [0, 0.05) is 25.2 Å². The summed E-state index contributed by atoms with van der Waals surface area (Å²) in [6.45, 7) is 1.98. The Bertz CT molecular complexity index is 553. The van der Waals surface area contributed by atoms with Crippen LogP contribution in [0.5, 0.6) is 0 Å². The molecule has 4 nitrogen and oxygen atoms in total. The van der Waals surface area contributed by atoms with E-state index in [2.05, 4.69) is 0 Å². The van der Waals surface area contributed by atoms with Crippen LogP contribution in [-0.4, -0.2) is 41.6 Å². The lowest BCUT2D eigenvalue weighted by molar-refractivity contribution is 0.0954. The number of carbonyl (C=O) groups is 2. The van der Waals surface area contributed by atoms with Gasteiger partial charge in [0.2, 0.25) is 11.6 Å². The minimum absolute atomic E-state index is 0.0252. The average Bonchev–Trinajstić information content (AvgIpc) is 2.61. The molecule has 1 heterocycles. The second-order valence-electron chi connectivity index (χ2n) is 4.75. The van der Waals surface area contributed by atoms with Gasteiger partial charge in [-0.25, -0.2) is 0 Å². The molecule has 0 unspecified atom stereocenters. The summed E-state index contributed by atoms with van der Waals surface area (Å²) < 4.78 is 0. The van der Waals surface area contributed by atoms with Crippen LogP contribution in [0, 0.1) is 0 Å². The van der Waals surface area contributed by atoms with Crippen LogP contribution in [0.2, 0.25) is 0 Å². The maximum atomic E-state index is 12.5. The quantitative estimate of drug-likeness (QED) is 0.691. The molecule has 3 rings (SSSR count). The second kappa shape index (κ2) is 3.45. The van der Waals surface area contributed by atoms with Crippen molar-refractivity contribution in [3.8, 4) is 0 Å². The number of benzene rings is 1. The third-order valence-corrected chi connectivity index (χ3v) is 3.90. The van der Waals surface area contributed by atoms with E-state index >= 15 is 0 Å². The number of fused-ring (bicyclic) bond motifs is 1. The number of allylic oxidation sites excluding steroid dienone is 2. The molecule has 0 bridgehead atoms. The fourth-order valence-corrected chi connectivity index (χ4v) is 2.64. The lowest BCUT2D eigenvalue weighted by Crippen LogP contribution is -2.34. The van der Waals surface area contributed by atoms with Gasteiger partial charge in [-0.3, -0.25) is 9.59 Å². The molecule has 0 amide bonds. The molecule has 1 aromatic rings. The van der Waals surface area contributed by atoms with Gasteiger partial charge in [0.15, 0.2) is 0 Å². The van der Waals surface area contributed by atoms with Crippen LogP contribution in [0.4, 0.5) is 0 Å². The molecule has 0 saturated heterocycles. The van der Waals surface area contributed by atoms with E-state index in [0.717, 1.165) is 0 Å². The van der Waals surface area contributed by atoms with Crippen molar-refractivity contribution in [1.82, 2.24) is 9.80 Å². The van der Waals surface area contributed by atoms with Crippen molar-refractivity contribution in [2.75, 3.05) is 14.1 Å². The molecule has 0 saturated carbocycles. The predicted molar refractivity (Wildman–Crippen MR) is 67.1 cm³/mol. The first-order valence-corrected chi connectivity index (χ1v) is 5.92. The Morgan fingerprint density at radius 1 is 0.889 bits per heavy atom. The van der Waals surface area contributed by atoms with Gasteiger partial charge < -0.3 is 9.80 Å². The number of likely N-dealkylation sites (N-methyl/N-ethyl adjacent to an activating group) is 2. The fraction of sp³-hybridized carbons (Fsp3) is 0.286. The van der Waals surface area contributed by atoms with E-state index in [1.807, 2.05) is 30.8 Å². The number of hydrogen-bond acceptors (Lipinski definition) is 4. The van der Waals surface area contributed by atoms with Gasteiger partial charge in [0.1, 0.15) is 11.4 Å². The molecule has 0 radical (unpaired) electrons. The molecule has 1 aliphatic heterocycles. The zero-order valence-electron chi connectivity index (χ0n) is 10.6. The third kappa shape index (κ3) is 1.15. The molecule has 1 aromatic carbocycles. The van der Waals surface area contributed by atoms with Crippen LogP contribution in [0.15, 0.2) is 35.7 Å². The number of nitrogens with zero attached hydrogens (tertiary/aromatic N) is 2. The predicted octanol–water partition coefficient (Wildman–Crippen LogP) is 1.50. The van der Waals surface area contributed by atoms with E-state index in [9.17, 15) is 9.59 Å². The third-order valence-electron chi connectivity index (χ3n) is 3.90. The maximum Gasteiger partial charge on any atom is 0.212 e. The highest BCUT2D eigenvalue weighted by atomic mass is 16.1. The van der Waals surface area contributed by atoms with Crippen molar-refractivity contribution in [3.63, 3.8) is 0 Å². The Morgan fingerprint density at radius 3 is 1.67 bits per heavy atom. The number of ketones is 2. The first-order chi connectivity index (χ1) is 8.54. The summed E-state index contributed by atoms with van der Waals surface area (Å²) in [7, 11) is 3.70. The van der Waals surface area contributed by atoms with Crippen molar-refractivity contribution in [2.45, 2.75) is 13.1 Å². The first kappa shape index (κ1) is 11.0. The van der Waals surface area contributed by atoms with E-state index in [1.165, 1.54) is 0 Å². The molecule has 92 valence electrons. The van der Waals surface area contributed by atoms with Crippen molar-refractivity contribution in [2.24, 2.45) is 0 Å². The highest BCUT2D eigenvalue weighted by Gasteiger charge is 2.43. The van der Waals surface area contributed by atoms with Crippen molar-refractivity contribution in [3.05, 3.63) is 46.8 Å². The van der Waals surface area contributed by atoms with Crippen molar-refractivity contribution >= 4 is 11.6 Å². The Kier molecular flexibility index (Phi) is 2.11. The van der Waals surface area contributed by atoms with E-state index in [4.69, 9.17) is 0 Å². The Hall–Kier alpha value is -2.10. The molecule has 2 aliphatic rings. The zero-order valence-corrected chi connectivity index (χ0v) is 10.6. The smallest absolute Gasteiger partial charge is 0.212 e. The molecule has 0 spiro atoms. The Labute approximate surface area is 105 Å². The van der Waals surface area contributed by atoms with Crippen molar-refractivity contribution < 1.29 is 9.59 Å². The van der Waals surface area contributed by atoms with Crippen LogP contribution in [-0.2, 0) is 0 Å².